The lowest BCUT2D eigenvalue weighted by molar-refractivity contribution is -0.0377. The van der Waals surface area contributed by atoms with Crippen molar-refractivity contribution in [2.45, 2.75) is 89.1 Å². The van der Waals surface area contributed by atoms with E-state index in [9.17, 15) is 0 Å². The second-order valence-corrected chi connectivity index (χ2v) is 12.4. The molecule has 184 valence electrons. The predicted octanol–water partition coefficient (Wildman–Crippen LogP) is 7.35. The zero-order chi connectivity index (χ0) is 24.5. The van der Waals surface area contributed by atoms with Gasteiger partial charge in [0.1, 0.15) is 0 Å². The van der Waals surface area contributed by atoms with Crippen LogP contribution in [0.15, 0.2) is 49.2 Å². The van der Waals surface area contributed by atoms with Gasteiger partial charge in [0, 0.05) is 28.3 Å². The third-order valence-corrected chi connectivity index (χ3v) is 9.70. The highest BCUT2D eigenvalue weighted by Crippen LogP contribution is 2.58. The molecule has 4 fully saturated rings. The van der Waals surface area contributed by atoms with Crippen LogP contribution in [0.25, 0.3) is 16.6 Å². The van der Waals surface area contributed by atoms with Gasteiger partial charge in [-0.25, -0.2) is 0 Å². The number of aromatic nitrogens is 2. The van der Waals surface area contributed by atoms with Crippen molar-refractivity contribution in [2.24, 2.45) is 11.3 Å². The van der Waals surface area contributed by atoms with E-state index in [2.05, 4.69) is 71.7 Å². The number of fused-ring (bicyclic) bond motifs is 1. The lowest BCUT2D eigenvalue weighted by Crippen LogP contribution is -2.54. The van der Waals surface area contributed by atoms with Crippen molar-refractivity contribution in [3.05, 3.63) is 71.4 Å². The molecule has 7 rings (SSSR count). The molecule has 1 heterocycles. The molecule has 0 unspecified atom stereocenters. The minimum atomic E-state index is -0.0836. The average Bonchev–Trinajstić information content (AvgIpc) is 3.56. The van der Waals surface area contributed by atoms with Gasteiger partial charge in [0.15, 0.2) is 0 Å². The maximum atomic E-state index is 5.07. The molecule has 4 saturated carbocycles. The molecule has 1 N–H and O–H groups in total. The molecular weight excluding hydrogens is 438 g/mol. The quantitative estimate of drug-likeness (QED) is 0.378. The average molecular weight is 476 g/mol. The van der Waals surface area contributed by atoms with Crippen LogP contribution in [0.2, 0.25) is 0 Å². The molecule has 0 saturated heterocycles. The number of rotatable bonds is 6. The maximum absolute atomic E-state index is 5.07. The molecule has 0 aliphatic heterocycles. The standard InChI is InChI=1S/C33H37N3/c1-4-6-26-11-14-29(23(3)35-28-19-32(20-28)17-22(2)18-32)31-30(26)21-34-36(31)33(15-5-16-33)27-12-9-25(10-13-27)24-7-8-24/h9-14,21-22,24,28,35H,3,5,7-8,15-20H2,1-2H3. The Kier molecular flexibility index (Phi) is 4.94. The molecule has 36 heavy (non-hydrogen) atoms. The van der Waals surface area contributed by atoms with E-state index < -0.39 is 0 Å². The van der Waals surface area contributed by atoms with Crippen LogP contribution >= 0.6 is 0 Å². The highest BCUT2D eigenvalue weighted by atomic mass is 15.3. The summed E-state index contributed by atoms with van der Waals surface area (Å²) in [6.07, 6.45) is 13.6. The second kappa shape index (κ2) is 8.01. The molecular formula is C33H37N3. The molecule has 0 amide bonds. The summed E-state index contributed by atoms with van der Waals surface area (Å²) in [5.41, 5.74) is 7.87. The Morgan fingerprint density at radius 2 is 1.81 bits per heavy atom. The van der Waals surface area contributed by atoms with Crippen molar-refractivity contribution < 1.29 is 0 Å². The number of benzene rings is 2. The molecule has 4 aliphatic rings. The summed E-state index contributed by atoms with van der Waals surface area (Å²) in [6, 6.07) is 14.4. The first kappa shape index (κ1) is 22.2. The van der Waals surface area contributed by atoms with Crippen molar-refractivity contribution in [1.29, 1.82) is 0 Å². The van der Waals surface area contributed by atoms with Crippen LogP contribution in [0.3, 0.4) is 0 Å². The first-order chi connectivity index (χ1) is 17.5. The summed E-state index contributed by atoms with van der Waals surface area (Å²) in [4.78, 5) is 0. The number of hydrogen-bond donors (Lipinski definition) is 1. The highest BCUT2D eigenvalue weighted by Gasteiger charge is 2.51. The van der Waals surface area contributed by atoms with Gasteiger partial charge in [-0.2, -0.15) is 5.10 Å². The Morgan fingerprint density at radius 3 is 2.42 bits per heavy atom. The number of nitrogens with one attached hydrogen (secondary N) is 1. The summed E-state index contributed by atoms with van der Waals surface area (Å²) in [7, 11) is 0. The Balaban J connectivity index is 1.26. The first-order valence-electron chi connectivity index (χ1n) is 14.0. The van der Waals surface area contributed by atoms with Gasteiger partial charge in [-0.3, -0.25) is 4.68 Å². The van der Waals surface area contributed by atoms with Crippen LogP contribution in [0.1, 0.15) is 99.8 Å². The fourth-order valence-corrected chi connectivity index (χ4v) is 7.73. The predicted molar refractivity (Wildman–Crippen MR) is 148 cm³/mol. The highest BCUT2D eigenvalue weighted by molar-refractivity contribution is 5.94. The third kappa shape index (κ3) is 3.37. The van der Waals surface area contributed by atoms with Crippen LogP contribution in [0.5, 0.6) is 0 Å². The molecule has 3 aromatic rings. The van der Waals surface area contributed by atoms with E-state index in [1.165, 1.54) is 67.2 Å². The van der Waals surface area contributed by atoms with E-state index in [1.807, 2.05) is 13.1 Å². The zero-order valence-electron chi connectivity index (χ0n) is 21.7. The van der Waals surface area contributed by atoms with Crippen molar-refractivity contribution >= 4 is 16.6 Å². The van der Waals surface area contributed by atoms with Gasteiger partial charge in [-0.1, -0.05) is 43.7 Å². The summed E-state index contributed by atoms with van der Waals surface area (Å²) in [5, 5.41) is 10.0. The zero-order valence-corrected chi connectivity index (χ0v) is 21.7. The largest absolute Gasteiger partial charge is 0.382 e. The van der Waals surface area contributed by atoms with Gasteiger partial charge < -0.3 is 5.32 Å². The molecule has 3 nitrogen and oxygen atoms in total. The summed E-state index contributed by atoms with van der Waals surface area (Å²) in [6.45, 7) is 8.85. The Morgan fingerprint density at radius 1 is 1.06 bits per heavy atom. The number of nitrogens with zero attached hydrogens (tertiary/aromatic N) is 2. The minimum absolute atomic E-state index is 0.0836. The normalized spacial score (nSPS) is 27.9. The van der Waals surface area contributed by atoms with Gasteiger partial charge in [-0.05, 0) is 105 Å². The Bertz CT molecular complexity index is 1390. The van der Waals surface area contributed by atoms with Crippen LogP contribution in [-0.4, -0.2) is 15.8 Å². The van der Waals surface area contributed by atoms with Crippen molar-refractivity contribution in [1.82, 2.24) is 15.1 Å². The molecule has 4 aliphatic carbocycles. The second-order valence-electron chi connectivity index (χ2n) is 12.4. The monoisotopic (exact) mass is 475 g/mol. The van der Waals surface area contributed by atoms with E-state index in [0.29, 0.717) is 11.5 Å². The summed E-state index contributed by atoms with van der Waals surface area (Å²) >= 11 is 0. The number of hydrogen-bond acceptors (Lipinski definition) is 2. The van der Waals surface area contributed by atoms with E-state index >= 15 is 0 Å². The van der Waals surface area contributed by atoms with E-state index in [0.717, 1.165) is 41.3 Å². The van der Waals surface area contributed by atoms with Gasteiger partial charge in [0.05, 0.1) is 17.3 Å². The summed E-state index contributed by atoms with van der Waals surface area (Å²) in [5.74, 6) is 8.12. The van der Waals surface area contributed by atoms with Crippen LogP contribution in [0.4, 0.5) is 0 Å². The topological polar surface area (TPSA) is 29.9 Å². The molecule has 0 atom stereocenters. The lowest BCUT2D eigenvalue weighted by atomic mass is 9.50. The summed E-state index contributed by atoms with van der Waals surface area (Å²) < 4.78 is 2.33. The Labute approximate surface area is 215 Å². The molecule has 2 aromatic carbocycles. The van der Waals surface area contributed by atoms with Gasteiger partial charge in [-0.15, -0.1) is 5.92 Å². The first-order valence-corrected chi connectivity index (χ1v) is 14.0. The molecule has 0 bridgehead atoms. The van der Waals surface area contributed by atoms with E-state index in [-0.39, 0.29) is 5.54 Å². The fraction of sp³-hybridized carbons (Fsp3) is 0.485. The smallest absolute Gasteiger partial charge is 0.0883 e. The molecule has 1 aromatic heterocycles. The van der Waals surface area contributed by atoms with Crippen LogP contribution < -0.4 is 5.32 Å². The third-order valence-electron chi connectivity index (χ3n) is 9.70. The molecule has 0 radical (unpaired) electrons. The van der Waals surface area contributed by atoms with Gasteiger partial charge >= 0.3 is 0 Å². The fourth-order valence-electron chi connectivity index (χ4n) is 7.73. The van der Waals surface area contributed by atoms with Gasteiger partial charge in [0.2, 0.25) is 0 Å². The lowest BCUT2D eigenvalue weighted by Gasteiger charge is -2.57. The van der Waals surface area contributed by atoms with E-state index in [4.69, 9.17) is 5.10 Å². The van der Waals surface area contributed by atoms with Gasteiger partial charge in [0.25, 0.3) is 0 Å². The van der Waals surface area contributed by atoms with Crippen LogP contribution in [-0.2, 0) is 5.54 Å². The molecule has 3 heteroatoms. The maximum Gasteiger partial charge on any atom is 0.0883 e. The minimum Gasteiger partial charge on any atom is -0.382 e. The van der Waals surface area contributed by atoms with Crippen molar-refractivity contribution in [3.63, 3.8) is 0 Å². The van der Waals surface area contributed by atoms with Crippen LogP contribution in [0, 0.1) is 23.2 Å². The van der Waals surface area contributed by atoms with E-state index in [1.54, 1.807) is 0 Å². The Hall–Kier alpha value is -2.99. The SMILES string of the molecule is C=C(NC1CC2(CC(C)C2)C1)c1ccc(C#CC)c2cnn(C3(c4ccc(C5CC5)cc4)CCC3)c12. The van der Waals surface area contributed by atoms with Crippen molar-refractivity contribution in [3.8, 4) is 11.8 Å². The molecule has 1 spiro atoms. The van der Waals surface area contributed by atoms with Crippen molar-refractivity contribution in [2.75, 3.05) is 0 Å².